The van der Waals surface area contributed by atoms with E-state index in [2.05, 4.69) is 25.4 Å². The molecular weight excluding hydrogens is 444 g/mol. The van der Waals surface area contributed by atoms with Crippen molar-refractivity contribution in [3.63, 3.8) is 0 Å². The molecule has 0 radical (unpaired) electrons. The zero-order chi connectivity index (χ0) is 22.1. The highest BCUT2D eigenvalue weighted by Crippen LogP contribution is 2.38. The lowest BCUT2D eigenvalue weighted by molar-refractivity contribution is 0.0946. The van der Waals surface area contributed by atoms with E-state index in [1.54, 1.807) is 12.4 Å². The van der Waals surface area contributed by atoms with Crippen LogP contribution in [-0.4, -0.2) is 57.2 Å². The third-order valence-electron chi connectivity index (χ3n) is 5.81. The van der Waals surface area contributed by atoms with Gasteiger partial charge in [-0.05, 0) is 56.6 Å². The fourth-order valence-electron chi connectivity index (χ4n) is 4.05. The fourth-order valence-corrected chi connectivity index (χ4v) is 5.26. The quantitative estimate of drug-likeness (QED) is 0.435. The number of thiazole rings is 1. The van der Waals surface area contributed by atoms with E-state index in [0.29, 0.717) is 22.3 Å². The minimum absolute atomic E-state index is 0.173. The van der Waals surface area contributed by atoms with Gasteiger partial charge < -0.3 is 10.2 Å². The van der Waals surface area contributed by atoms with Crippen LogP contribution in [0.3, 0.4) is 0 Å². The molecule has 0 atom stereocenters. The number of fused-ring (bicyclic) bond motifs is 1. The molecule has 4 heterocycles. The molecular formula is C23H23ClN6OS. The zero-order valence-electron chi connectivity index (χ0n) is 17.7. The van der Waals surface area contributed by atoms with Crippen LogP contribution >= 0.6 is 22.9 Å². The van der Waals surface area contributed by atoms with Gasteiger partial charge in [0.2, 0.25) is 0 Å². The Kier molecular flexibility index (Phi) is 5.91. The van der Waals surface area contributed by atoms with Gasteiger partial charge in [-0.1, -0.05) is 17.7 Å². The lowest BCUT2D eigenvalue weighted by Gasteiger charge is -2.14. The van der Waals surface area contributed by atoms with Crippen LogP contribution in [0.2, 0.25) is 5.02 Å². The molecule has 0 aliphatic carbocycles. The summed E-state index contributed by atoms with van der Waals surface area (Å²) in [5.74, 6) is -0.173. The molecule has 2 N–H and O–H groups in total. The molecule has 1 aliphatic heterocycles. The number of carbonyl (C=O) groups is 1. The summed E-state index contributed by atoms with van der Waals surface area (Å²) in [5.41, 5.74) is 3.78. The molecule has 1 aromatic carbocycles. The number of hydrogen-bond donors (Lipinski definition) is 2. The van der Waals surface area contributed by atoms with Gasteiger partial charge in [-0.3, -0.25) is 14.9 Å². The van der Waals surface area contributed by atoms with Crippen molar-refractivity contribution in [3.05, 3.63) is 52.9 Å². The summed E-state index contributed by atoms with van der Waals surface area (Å²) >= 11 is 7.71. The predicted molar refractivity (Wildman–Crippen MR) is 128 cm³/mol. The topological polar surface area (TPSA) is 86.8 Å². The molecule has 1 saturated heterocycles. The SMILES string of the molecule is Cc1c(Cl)ccc2c(-c3nc(C(=O)NCCN4CCCC4)c(-c4cccnc4)s3)[nH]nc12. The van der Waals surface area contributed by atoms with Crippen LogP contribution in [0.15, 0.2) is 36.7 Å². The van der Waals surface area contributed by atoms with Crippen molar-refractivity contribution in [2.24, 2.45) is 0 Å². The third kappa shape index (κ3) is 4.01. The minimum atomic E-state index is -0.173. The monoisotopic (exact) mass is 466 g/mol. The molecule has 9 heteroatoms. The summed E-state index contributed by atoms with van der Waals surface area (Å²) in [7, 11) is 0. The van der Waals surface area contributed by atoms with Gasteiger partial charge in [0.1, 0.15) is 16.4 Å². The van der Waals surface area contributed by atoms with Crippen LogP contribution in [0.25, 0.3) is 32.0 Å². The van der Waals surface area contributed by atoms with E-state index >= 15 is 0 Å². The molecule has 32 heavy (non-hydrogen) atoms. The number of nitrogens with one attached hydrogen (secondary N) is 2. The molecule has 0 spiro atoms. The standard InChI is InChI=1S/C23H23ClN6OS/c1-14-17(24)7-6-16-18(14)28-29-19(16)23-27-20(21(32-23)15-5-4-8-25-13-15)22(31)26-9-12-30-10-2-3-11-30/h4-8,13H,2-3,9-12H2,1H3,(H,26,31)(H,28,29). The number of aromatic amines is 1. The van der Waals surface area contributed by atoms with Crippen LogP contribution in [-0.2, 0) is 0 Å². The summed E-state index contributed by atoms with van der Waals surface area (Å²) in [6.07, 6.45) is 5.94. The number of benzene rings is 1. The first kappa shape index (κ1) is 21.1. The van der Waals surface area contributed by atoms with Gasteiger partial charge in [-0.2, -0.15) is 5.10 Å². The van der Waals surface area contributed by atoms with E-state index in [4.69, 9.17) is 16.6 Å². The highest BCUT2D eigenvalue weighted by atomic mass is 35.5. The Hall–Kier alpha value is -2.81. The molecule has 1 fully saturated rings. The van der Waals surface area contributed by atoms with E-state index in [1.165, 1.54) is 24.2 Å². The second-order valence-corrected chi connectivity index (χ2v) is 9.32. The number of rotatable bonds is 6. The van der Waals surface area contributed by atoms with Gasteiger partial charge in [0.05, 0.1) is 10.4 Å². The lowest BCUT2D eigenvalue weighted by atomic mass is 10.1. The summed E-state index contributed by atoms with van der Waals surface area (Å²) in [6.45, 7) is 5.61. The third-order valence-corrected chi connectivity index (χ3v) is 7.34. The van der Waals surface area contributed by atoms with Crippen molar-refractivity contribution in [1.82, 2.24) is 30.4 Å². The second-order valence-electron chi connectivity index (χ2n) is 7.91. The van der Waals surface area contributed by atoms with E-state index in [1.807, 2.05) is 31.2 Å². The molecule has 1 amide bonds. The number of nitrogens with zero attached hydrogens (tertiary/aromatic N) is 4. The van der Waals surface area contributed by atoms with Crippen LogP contribution in [0.4, 0.5) is 0 Å². The summed E-state index contributed by atoms with van der Waals surface area (Å²) in [4.78, 5) is 25.2. The van der Waals surface area contributed by atoms with Crippen LogP contribution in [0.1, 0.15) is 28.9 Å². The highest BCUT2D eigenvalue weighted by Gasteiger charge is 2.23. The molecule has 4 aromatic rings. The van der Waals surface area contributed by atoms with E-state index in [-0.39, 0.29) is 5.91 Å². The number of aryl methyl sites for hydroxylation is 1. The summed E-state index contributed by atoms with van der Waals surface area (Å²) in [6, 6.07) is 7.60. The smallest absolute Gasteiger partial charge is 0.271 e. The summed E-state index contributed by atoms with van der Waals surface area (Å²) < 4.78 is 0. The summed E-state index contributed by atoms with van der Waals surface area (Å²) in [5, 5.41) is 12.9. The zero-order valence-corrected chi connectivity index (χ0v) is 19.3. The molecule has 0 bridgehead atoms. The molecule has 5 rings (SSSR count). The van der Waals surface area contributed by atoms with Crippen molar-refractivity contribution >= 4 is 39.7 Å². The fraction of sp³-hybridized carbons (Fsp3) is 0.304. The number of H-pyrrole nitrogens is 1. The Morgan fingerprint density at radius 1 is 1.28 bits per heavy atom. The van der Waals surface area contributed by atoms with Gasteiger partial charge in [0.15, 0.2) is 0 Å². The average molecular weight is 467 g/mol. The Bertz CT molecular complexity index is 1260. The van der Waals surface area contributed by atoms with Crippen molar-refractivity contribution < 1.29 is 4.79 Å². The van der Waals surface area contributed by atoms with Crippen molar-refractivity contribution in [1.29, 1.82) is 0 Å². The van der Waals surface area contributed by atoms with Crippen LogP contribution < -0.4 is 5.32 Å². The van der Waals surface area contributed by atoms with Gasteiger partial charge in [0.25, 0.3) is 5.91 Å². The van der Waals surface area contributed by atoms with E-state index < -0.39 is 0 Å². The van der Waals surface area contributed by atoms with Gasteiger partial charge in [0, 0.05) is 41.5 Å². The van der Waals surface area contributed by atoms with E-state index in [0.717, 1.165) is 52.2 Å². The maximum atomic E-state index is 13.1. The molecule has 7 nitrogen and oxygen atoms in total. The van der Waals surface area contributed by atoms with Crippen molar-refractivity contribution in [2.75, 3.05) is 26.2 Å². The first-order valence-electron chi connectivity index (χ1n) is 10.7. The number of amides is 1. The minimum Gasteiger partial charge on any atom is -0.349 e. The predicted octanol–water partition coefficient (Wildman–Crippen LogP) is 4.54. The average Bonchev–Trinajstić information content (AvgIpc) is 3.56. The maximum absolute atomic E-state index is 13.1. The lowest BCUT2D eigenvalue weighted by Crippen LogP contribution is -2.33. The maximum Gasteiger partial charge on any atom is 0.271 e. The van der Waals surface area contributed by atoms with E-state index in [9.17, 15) is 4.79 Å². The Morgan fingerprint density at radius 2 is 2.12 bits per heavy atom. The van der Waals surface area contributed by atoms with Gasteiger partial charge >= 0.3 is 0 Å². The molecule has 0 saturated carbocycles. The molecule has 3 aromatic heterocycles. The van der Waals surface area contributed by atoms with Crippen LogP contribution in [0, 0.1) is 6.92 Å². The Morgan fingerprint density at radius 3 is 2.91 bits per heavy atom. The number of likely N-dealkylation sites (tertiary alicyclic amines) is 1. The Balaban J connectivity index is 1.49. The number of carbonyl (C=O) groups excluding carboxylic acids is 1. The normalized spacial score (nSPS) is 14.3. The number of pyridine rings is 1. The largest absolute Gasteiger partial charge is 0.349 e. The Labute approximate surface area is 194 Å². The number of hydrogen-bond acceptors (Lipinski definition) is 6. The number of halogens is 1. The molecule has 0 unspecified atom stereocenters. The van der Waals surface area contributed by atoms with Gasteiger partial charge in [-0.25, -0.2) is 4.98 Å². The van der Waals surface area contributed by atoms with Crippen molar-refractivity contribution in [2.45, 2.75) is 19.8 Å². The molecule has 164 valence electrons. The number of aromatic nitrogens is 4. The van der Waals surface area contributed by atoms with Crippen LogP contribution in [0.5, 0.6) is 0 Å². The van der Waals surface area contributed by atoms with Crippen molar-refractivity contribution in [3.8, 4) is 21.1 Å². The highest BCUT2D eigenvalue weighted by molar-refractivity contribution is 7.18. The first-order valence-corrected chi connectivity index (χ1v) is 11.9. The second kappa shape index (κ2) is 8.97. The molecule has 1 aliphatic rings. The first-order chi connectivity index (χ1) is 15.6. The van der Waals surface area contributed by atoms with Gasteiger partial charge in [-0.15, -0.1) is 11.3 Å².